The smallest absolute Gasteiger partial charge is 0.0655 e. The van der Waals surface area contributed by atoms with Crippen molar-refractivity contribution in [3.63, 3.8) is 0 Å². The fraction of sp³-hybridized carbons (Fsp3) is 0.944. The SMILES string of the molecule is CCCCCC1CCC(C2CCCC(C#N)C2)CC1. The van der Waals surface area contributed by atoms with Crippen molar-refractivity contribution in [2.45, 2.75) is 84.0 Å². The van der Waals surface area contributed by atoms with E-state index in [4.69, 9.17) is 5.26 Å². The summed E-state index contributed by atoms with van der Waals surface area (Å²) in [5.74, 6) is 3.24. The third kappa shape index (κ3) is 4.51. The summed E-state index contributed by atoms with van der Waals surface area (Å²) in [7, 11) is 0. The maximum atomic E-state index is 9.12. The third-order valence-electron chi connectivity index (χ3n) is 5.67. The second kappa shape index (κ2) is 7.93. The molecule has 1 heteroatoms. The summed E-state index contributed by atoms with van der Waals surface area (Å²) in [4.78, 5) is 0. The third-order valence-corrected chi connectivity index (χ3v) is 5.67. The Morgan fingerprint density at radius 2 is 1.74 bits per heavy atom. The van der Waals surface area contributed by atoms with Gasteiger partial charge in [0.1, 0.15) is 0 Å². The molecular weight excluding hydrogens is 230 g/mol. The number of hydrogen-bond acceptors (Lipinski definition) is 1. The van der Waals surface area contributed by atoms with Crippen LogP contribution in [0.15, 0.2) is 0 Å². The van der Waals surface area contributed by atoms with Crippen molar-refractivity contribution < 1.29 is 0 Å². The van der Waals surface area contributed by atoms with Crippen LogP contribution in [-0.2, 0) is 0 Å². The zero-order valence-electron chi connectivity index (χ0n) is 12.7. The molecule has 0 saturated heterocycles. The molecule has 0 amide bonds. The van der Waals surface area contributed by atoms with Gasteiger partial charge in [0, 0.05) is 5.92 Å². The van der Waals surface area contributed by atoms with Crippen LogP contribution >= 0.6 is 0 Å². The lowest BCUT2D eigenvalue weighted by Gasteiger charge is -2.37. The summed E-state index contributed by atoms with van der Waals surface area (Å²) >= 11 is 0. The molecule has 2 aliphatic rings. The summed E-state index contributed by atoms with van der Waals surface area (Å²) in [5.41, 5.74) is 0. The van der Waals surface area contributed by atoms with Crippen LogP contribution in [0.3, 0.4) is 0 Å². The van der Waals surface area contributed by atoms with Gasteiger partial charge in [-0.05, 0) is 43.4 Å². The Hall–Kier alpha value is -0.510. The lowest BCUT2D eigenvalue weighted by atomic mass is 9.68. The van der Waals surface area contributed by atoms with Gasteiger partial charge in [0.15, 0.2) is 0 Å². The van der Waals surface area contributed by atoms with Gasteiger partial charge in [0.25, 0.3) is 0 Å². The van der Waals surface area contributed by atoms with Crippen LogP contribution in [-0.4, -0.2) is 0 Å². The maximum Gasteiger partial charge on any atom is 0.0655 e. The monoisotopic (exact) mass is 261 g/mol. The van der Waals surface area contributed by atoms with Gasteiger partial charge >= 0.3 is 0 Å². The first-order chi connectivity index (χ1) is 9.33. The van der Waals surface area contributed by atoms with Gasteiger partial charge in [-0.3, -0.25) is 0 Å². The predicted molar refractivity (Wildman–Crippen MR) is 80.7 cm³/mol. The van der Waals surface area contributed by atoms with E-state index in [1.165, 1.54) is 77.0 Å². The Morgan fingerprint density at radius 1 is 0.947 bits per heavy atom. The van der Waals surface area contributed by atoms with Gasteiger partial charge in [0.2, 0.25) is 0 Å². The summed E-state index contributed by atoms with van der Waals surface area (Å²) in [6.45, 7) is 2.30. The van der Waals surface area contributed by atoms with Crippen LogP contribution in [0.1, 0.15) is 84.0 Å². The van der Waals surface area contributed by atoms with Crippen LogP contribution in [0.4, 0.5) is 0 Å². The molecule has 0 heterocycles. The Bertz CT molecular complexity index is 283. The molecular formula is C18H31N. The molecule has 2 unspecified atom stereocenters. The van der Waals surface area contributed by atoms with E-state index in [0.29, 0.717) is 5.92 Å². The van der Waals surface area contributed by atoms with Crippen molar-refractivity contribution in [3.05, 3.63) is 0 Å². The first-order valence-corrected chi connectivity index (χ1v) is 8.73. The fourth-order valence-corrected chi connectivity index (χ4v) is 4.40. The molecule has 2 rings (SSSR count). The molecule has 2 aliphatic carbocycles. The van der Waals surface area contributed by atoms with Gasteiger partial charge in [-0.1, -0.05) is 58.3 Å². The normalized spacial score (nSPS) is 35.8. The van der Waals surface area contributed by atoms with Gasteiger partial charge in [0.05, 0.1) is 6.07 Å². The van der Waals surface area contributed by atoms with Gasteiger partial charge in [-0.15, -0.1) is 0 Å². The highest BCUT2D eigenvalue weighted by Crippen LogP contribution is 2.42. The molecule has 2 saturated carbocycles. The molecule has 2 atom stereocenters. The Morgan fingerprint density at radius 3 is 2.42 bits per heavy atom. The van der Waals surface area contributed by atoms with E-state index < -0.39 is 0 Å². The number of nitriles is 1. The molecule has 0 aliphatic heterocycles. The van der Waals surface area contributed by atoms with Crippen molar-refractivity contribution in [1.29, 1.82) is 5.26 Å². The number of rotatable bonds is 5. The Balaban J connectivity index is 1.69. The van der Waals surface area contributed by atoms with Gasteiger partial charge < -0.3 is 0 Å². The van der Waals surface area contributed by atoms with Crippen molar-refractivity contribution in [2.24, 2.45) is 23.7 Å². The molecule has 0 N–H and O–H groups in total. The van der Waals surface area contributed by atoms with E-state index in [-0.39, 0.29) is 0 Å². The van der Waals surface area contributed by atoms with Gasteiger partial charge in [-0.2, -0.15) is 5.26 Å². The molecule has 0 bridgehead atoms. The number of nitrogens with zero attached hydrogens (tertiary/aromatic N) is 1. The van der Waals surface area contributed by atoms with Crippen molar-refractivity contribution in [3.8, 4) is 6.07 Å². The van der Waals surface area contributed by atoms with Crippen LogP contribution in [0.2, 0.25) is 0 Å². The maximum absolute atomic E-state index is 9.12. The summed E-state index contributed by atoms with van der Waals surface area (Å²) in [6, 6.07) is 2.52. The van der Waals surface area contributed by atoms with E-state index >= 15 is 0 Å². The first-order valence-electron chi connectivity index (χ1n) is 8.73. The van der Waals surface area contributed by atoms with Crippen molar-refractivity contribution in [1.82, 2.24) is 0 Å². The van der Waals surface area contributed by atoms with E-state index in [0.717, 1.165) is 17.8 Å². The van der Waals surface area contributed by atoms with E-state index in [9.17, 15) is 0 Å². The Kier molecular flexibility index (Phi) is 6.21. The van der Waals surface area contributed by atoms with Crippen molar-refractivity contribution in [2.75, 3.05) is 0 Å². The zero-order chi connectivity index (χ0) is 13.5. The second-order valence-corrected chi connectivity index (χ2v) is 7.03. The standard InChI is InChI=1S/C18H31N/c1-2-3-4-6-15-9-11-17(12-10-15)18-8-5-7-16(13-18)14-19/h15-18H,2-13H2,1H3. The highest BCUT2D eigenvalue weighted by Gasteiger charge is 2.31. The van der Waals surface area contributed by atoms with E-state index in [2.05, 4.69) is 13.0 Å². The minimum atomic E-state index is 0.376. The molecule has 1 nitrogen and oxygen atoms in total. The van der Waals surface area contributed by atoms with E-state index in [1.807, 2.05) is 0 Å². The zero-order valence-corrected chi connectivity index (χ0v) is 12.7. The summed E-state index contributed by atoms with van der Waals surface area (Å²) < 4.78 is 0. The highest BCUT2D eigenvalue weighted by atomic mass is 14.4. The summed E-state index contributed by atoms with van der Waals surface area (Å²) in [5, 5.41) is 9.12. The first kappa shape index (κ1) is 14.9. The van der Waals surface area contributed by atoms with Crippen LogP contribution in [0, 0.1) is 35.0 Å². The quantitative estimate of drug-likeness (QED) is 0.582. The minimum absolute atomic E-state index is 0.376. The molecule has 0 spiro atoms. The van der Waals surface area contributed by atoms with Crippen molar-refractivity contribution >= 4 is 0 Å². The lowest BCUT2D eigenvalue weighted by molar-refractivity contribution is 0.149. The Labute approximate surface area is 119 Å². The van der Waals surface area contributed by atoms with Crippen LogP contribution in [0.25, 0.3) is 0 Å². The molecule has 19 heavy (non-hydrogen) atoms. The summed E-state index contributed by atoms with van der Waals surface area (Å²) in [6.07, 6.45) is 16.7. The number of hydrogen-bond donors (Lipinski definition) is 0. The molecule has 108 valence electrons. The average molecular weight is 261 g/mol. The molecule has 0 aromatic rings. The molecule has 0 radical (unpaired) electrons. The highest BCUT2D eigenvalue weighted by molar-refractivity contribution is 4.90. The fourth-order valence-electron chi connectivity index (χ4n) is 4.40. The predicted octanol–water partition coefficient (Wildman–Crippen LogP) is 5.70. The second-order valence-electron chi connectivity index (χ2n) is 7.03. The molecule has 0 aromatic heterocycles. The van der Waals surface area contributed by atoms with Crippen LogP contribution in [0.5, 0.6) is 0 Å². The largest absolute Gasteiger partial charge is 0.198 e. The lowest BCUT2D eigenvalue weighted by Crippen LogP contribution is -2.26. The minimum Gasteiger partial charge on any atom is -0.198 e. The van der Waals surface area contributed by atoms with Crippen LogP contribution < -0.4 is 0 Å². The average Bonchev–Trinajstić information content (AvgIpc) is 2.48. The molecule has 2 fully saturated rings. The number of unbranched alkanes of at least 4 members (excludes halogenated alkanes) is 2. The van der Waals surface area contributed by atoms with Gasteiger partial charge in [-0.25, -0.2) is 0 Å². The van der Waals surface area contributed by atoms with E-state index in [1.54, 1.807) is 0 Å². The topological polar surface area (TPSA) is 23.8 Å². The molecule has 0 aromatic carbocycles.